The Morgan fingerprint density at radius 3 is 1.59 bits per heavy atom. The number of carbonyl (C=O) groups excluding carboxylic acids is 3. The van der Waals surface area contributed by atoms with Crippen LogP contribution in [0.1, 0.15) is 19.3 Å². The quantitative estimate of drug-likeness (QED) is 0.376. The summed E-state index contributed by atoms with van der Waals surface area (Å²) in [7, 11) is 0. The van der Waals surface area contributed by atoms with Gasteiger partial charge in [-0.1, -0.05) is 6.42 Å². The Morgan fingerprint density at radius 2 is 1.35 bits per heavy atom. The van der Waals surface area contributed by atoms with E-state index in [-0.39, 0.29) is 173 Å². The molecule has 1 rings (SSSR count). The van der Waals surface area contributed by atoms with E-state index in [2.05, 4.69) is 0 Å². The van der Waals surface area contributed by atoms with Gasteiger partial charge >= 0.3 is 154 Å². The monoisotopic (exact) mass is 316 g/mol. The van der Waals surface area contributed by atoms with Crippen LogP contribution in [0.5, 0.6) is 0 Å². The third kappa shape index (κ3) is 5.55. The molecule has 0 spiro atoms. The summed E-state index contributed by atoms with van der Waals surface area (Å²) >= 11 is 0. The molecule has 6 nitrogen and oxygen atoms in total. The van der Waals surface area contributed by atoms with Crippen molar-refractivity contribution in [1.29, 1.82) is 0 Å². The molecule has 0 aromatic carbocycles. The molecule has 1 fully saturated rings. The summed E-state index contributed by atoms with van der Waals surface area (Å²) in [5, 5.41) is 31.8. The first-order chi connectivity index (χ1) is 6.43. The molecule has 0 aromatic rings. The normalized spacial score (nSPS) is 20.1. The third-order valence-electron chi connectivity index (χ3n) is 2.67. The van der Waals surface area contributed by atoms with Gasteiger partial charge in [-0.2, -0.15) is 0 Å². The predicted octanol–water partition coefficient (Wildman–Crippen LogP) is -13.0. The Labute approximate surface area is 226 Å². The fourth-order valence-corrected chi connectivity index (χ4v) is 1.90. The average Bonchev–Trinajstić information content (AvgIpc) is 2.47. The summed E-state index contributed by atoms with van der Waals surface area (Å²) in [5.41, 5.74) is -2.42. The number of carboxylic acid groups (broad SMARTS) is 3. The van der Waals surface area contributed by atoms with Crippen LogP contribution in [0.2, 0.25) is 0 Å². The summed E-state index contributed by atoms with van der Waals surface area (Å²) in [6.07, 6.45) is -0.124. The van der Waals surface area contributed by atoms with Gasteiger partial charge in [0.2, 0.25) is 0 Å². The van der Waals surface area contributed by atoms with Crippen LogP contribution < -0.4 is 169 Å². The molecule has 1 aliphatic rings. The molecule has 0 saturated heterocycles. The second-order valence-corrected chi connectivity index (χ2v) is 3.31. The van der Waals surface area contributed by atoms with Crippen LogP contribution in [0.15, 0.2) is 0 Å². The summed E-state index contributed by atoms with van der Waals surface area (Å²) in [6.45, 7) is 0. The van der Waals surface area contributed by atoms with Gasteiger partial charge in [0.05, 0.1) is 17.4 Å². The fourth-order valence-electron chi connectivity index (χ4n) is 1.90. The molecule has 1 aliphatic carbocycles. The fraction of sp³-hybridized carbons (Fsp3) is 0.625. The molecule has 0 amide bonds. The van der Waals surface area contributed by atoms with Crippen molar-refractivity contribution in [3.05, 3.63) is 0 Å². The van der Waals surface area contributed by atoms with Crippen LogP contribution in [-0.2, 0) is 14.4 Å². The summed E-state index contributed by atoms with van der Waals surface area (Å²) < 4.78 is 0. The molecule has 1 unspecified atom stereocenters. The minimum absolute atomic E-state index is 0. The third-order valence-corrected chi connectivity index (χ3v) is 2.67. The van der Waals surface area contributed by atoms with E-state index in [9.17, 15) is 29.7 Å². The Morgan fingerprint density at radius 1 is 0.941 bits per heavy atom. The maximum atomic E-state index is 10.7. The second kappa shape index (κ2) is 11.0. The van der Waals surface area contributed by atoms with E-state index >= 15 is 0 Å². The van der Waals surface area contributed by atoms with Gasteiger partial charge in [-0.15, -0.1) is 0 Å². The number of carbonyl (C=O) groups is 3. The van der Waals surface area contributed by atoms with Gasteiger partial charge in [-0.3, -0.25) is 0 Å². The first kappa shape index (κ1) is 25.3. The maximum absolute atomic E-state index is 10.7. The largest absolute Gasteiger partial charge is 1.00 e. The maximum Gasteiger partial charge on any atom is 1.00 e. The van der Waals surface area contributed by atoms with Crippen molar-refractivity contribution in [2.75, 3.05) is 0 Å². The van der Waals surface area contributed by atoms with E-state index in [4.69, 9.17) is 0 Å². The van der Waals surface area contributed by atoms with Crippen molar-refractivity contribution in [2.45, 2.75) is 19.3 Å². The molecule has 78 valence electrons. The van der Waals surface area contributed by atoms with Crippen molar-refractivity contribution >= 4 is 17.9 Å². The van der Waals surface area contributed by atoms with Crippen LogP contribution in [0.4, 0.5) is 0 Å². The first-order valence-corrected chi connectivity index (χ1v) is 4.06. The molecular weight excluding hydrogens is 309 g/mol. The minimum atomic E-state index is -2.42. The van der Waals surface area contributed by atoms with Gasteiger partial charge in [-0.25, -0.2) is 0 Å². The Kier molecular flexibility index (Phi) is 16.3. The number of carboxylic acids is 3. The van der Waals surface area contributed by atoms with Gasteiger partial charge in [0.25, 0.3) is 0 Å². The minimum Gasteiger partial charge on any atom is -0.550 e. The molecule has 1 saturated carbocycles. The van der Waals surface area contributed by atoms with Crippen molar-refractivity contribution in [3.63, 3.8) is 0 Å². The van der Waals surface area contributed by atoms with E-state index < -0.39 is 29.2 Å². The molecule has 0 aromatic heterocycles. The van der Waals surface area contributed by atoms with Crippen molar-refractivity contribution in [2.24, 2.45) is 11.3 Å². The van der Waals surface area contributed by atoms with Gasteiger partial charge in [0.1, 0.15) is 0 Å². The zero-order valence-electron chi connectivity index (χ0n) is 10.1. The Hall–Kier alpha value is 3.32. The van der Waals surface area contributed by atoms with Gasteiger partial charge in [0.15, 0.2) is 0 Å². The van der Waals surface area contributed by atoms with Gasteiger partial charge < -0.3 is 29.7 Å². The van der Waals surface area contributed by atoms with E-state index in [0.717, 1.165) is 0 Å². The molecule has 17 heavy (non-hydrogen) atoms. The molecule has 0 radical (unpaired) electrons. The zero-order chi connectivity index (χ0) is 10.9. The van der Waals surface area contributed by atoms with E-state index in [1.165, 1.54) is 0 Å². The Bertz CT molecular complexity index is 292. The van der Waals surface area contributed by atoms with E-state index in [1.54, 1.807) is 0 Å². The average molecular weight is 316 g/mol. The van der Waals surface area contributed by atoms with Gasteiger partial charge in [0, 0.05) is 11.9 Å². The first-order valence-electron chi connectivity index (χ1n) is 4.06. The van der Waals surface area contributed by atoms with Crippen molar-refractivity contribution < 1.29 is 184 Å². The number of aliphatic carboxylic acids is 3. The smallest absolute Gasteiger partial charge is 0.550 e. The molecule has 0 heterocycles. The van der Waals surface area contributed by atoms with Crippen LogP contribution in [0.3, 0.4) is 0 Å². The van der Waals surface area contributed by atoms with E-state index in [0.29, 0.717) is 0 Å². The molecule has 1 atom stereocenters. The molecule has 9 heteroatoms. The molecular formula is C8H7K3O6. The van der Waals surface area contributed by atoms with Crippen LogP contribution in [0, 0.1) is 11.3 Å². The van der Waals surface area contributed by atoms with E-state index in [1.807, 2.05) is 0 Å². The second-order valence-electron chi connectivity index (χ2n) is 3.31. The summed E-state index contributed by atoms with van der Waals surface area (Å²) in [6, 6.07) is 0. The topological polar surface area (TPSA) is 120 Å². The zero-order valence-corrected chi connectivity index (χ0v) is 19.5. The predicted molar refractivity (Wildman–Crippen MR) is 34.8 cm³/mol. The molecule has 0 bridgehead atoms. The Balaban J connectivity index is -0.000000653. The van der Waals surface area contributed by atoms with Crippen LogP contribution in [0.25, 0.3) is 0 Å². The van der Waals surface area contributed by atoms with Crippen LogP contribution >= 0.6 is 0 Å². The number of hydrogen-bond donors (Lipinski definition) is 0. The standard InChI is InChI=1S/C8H10O6.3K/c9-5(10)4-2-1-3-8(4,6(11)12)7(13)14;;;/h4H,1-3H2,(H,9,10)(H,11,12)(H,13,14);;;/q;3*+1/p-3. The van der Waals surface area contributed by atoms with Crippen molar-refractivity contribution in [1.82, 2.24) is 0 Å². The van der Waals surface area contributed by atoms with Crippen molar-refractivity contribution in [3.8, 4) is 0 Å². The molecule has 0 aliphatic heterocycles. The number of hydrogen-bond acceptors (Lipinski definition) is 6. The molecule has 0 N–H and O–H groups in total. The summed E-state index contributed by atoms with van der Waals surface area (Å²) in [4.78, 5) is 31.8. The summed E-state index contributed by atoms with van der Waals surface area (Å²) in [5.74, 6) is -7.07. The van der Waals surface area contributed by atoms with Gasteiger partial charge in [-0.05, 0) is 12.8 Å². The SMILES string of the molecule is O=C([O-])C1CCCC1(C(=O)[O-])C(=O)[O-].[K+].[K+].[K+]. The number of rotatable bonds is 3. The van der Waals surface area contributed by atoms with Crippen LogP contribution in [-0.4, -0.2) is 17.9 Å².